The molecule has 22 heavy (non-hydrogen) atoms. The van der Waals surface area contributed by atoms with Crippen LogP contribution in [0.2, 0.25) is 0 Å². The molecule has 0 aromatic heterocycles. The zero-order valence-electron chi connectivity index (χ0n) is 14.2. The van der Waals surface area contributed by atoms with Crippen LogP contribution in [-0.2, 0) is 9.53 Å². The number of rotatable bonds is 6. The predicted octanol–water partition coefficient (Wildman–Crippen LogP) is 1.51. The van der Waals surface area contributed by atoms with E-state index < -0.39 is 0 Å². The Morgan fingerprint density at radius 3 is 2.64 bits per heavy atom. The summed E-state index contributed by atoms with van der Waals surface area (Å²) in [5.74, 6) is 0.373. The number of ether oxygens (including phenoxy) is 1. The van der Waals surface area contributed by atoms with Crippen LogP contribution in [0.25, 0.3) is 0 Å². The van der Waals surface area contributed by atoms with Crippen LogP contribution in [0.15, 0.2) is 0 Å². The fourth-order valence-electron chi connectivity index (χ4n) is 3.50. The van der Waals surface area contributed by atoms with Crippen LogP contribution < -0.4 is 11.1 Å². The second-order valence-electron chi connectivity index (χ2n) is 7.17. The lowest BCUT2D eigenvalue weighted by atomic mass is 9.85. The van der Waals surface area contributed by atoms with Crippen LogP contribution in [-0.4, -0.2) is 55.2 Å². The van der Waals surface area contributed by atoms with Crippen molar-refractivity contribution in [1.29, 1.82) is 0 Å². The summed E-state index contributed by atoms with van der Waals surface area (Å²) in [7, 11) is 0. The number of hydrogen-bond donors (Lipinski definition) is 2. The average molecular weight is 311 g/mol. The Kier molecular flexibility index (Phi) is 7.12. The molecule has 1 heterocycles. The third kappa shape index (κ3) is 5.86. The second kappa shape index (κ2) is 8.85. The Labute approximate surface area is 134 Å². The monoisotopic (exact) mass is 311 g/mol. The lowest BCUT2D eigenvalue weighted by molar-refractivity contribution is -0.127. The third-order valence-electron chi connectivity index (χ3n) is 4.88. The number of carbonyl (C=O) groups is 1. The molecule has 2 fully saturated rings. The summed E-state index contributed by atoms with van der Waals surface area (Å²) in [5, 5.41) is 3.25. The Hall–Kier alpha value is -0.650. The molecule has 3 N–H and O–H groups in total. The molecule has 0 radical (unpaired) electrons. The van der Waals surface area contributed by atoms with Crippen LogP contribution in [0, 0.1) is 5.92 Å². The number of likely N-dealkylation sites (tertiary alicyclic amines) is 1. The van der Waals surface area contributed by atoms with Gasteiger partial charge in [0.05, 0.1) is 12.7 Å². The van der Waals surface area contributed by atoms with Crippen molar-refractivity contribution in [3.63, 3.8) is 0 Å². The second-order valence-corrected chi connectivity index (χ2v) is 7.17. The number of piperidine rings is 1. The maximum absolute atomic E-state index is 12.3. The van der Waals surface area contributed by atoms with Crippen LogP contribution >= 0.6 is 0 Å². The molecule has 0 aromatic carbocycles. The Morgan fingerprint density at radius 2 is 2.00 bits per heavy atom. The summed E-state index contributed by atoms with van der Waals surface area (Å²) in [6.07, 6.45) is 6.42. The van der Waals surface area contributed by atoms with Gasteiger partial charge in [0.2, 0.25) is 5.91 Å². The normalized spacial score (nSPS) is 28.0. The van der Waals surface area contributed by atoms with Crippen molar-refractivity contribution in [2.45, 2.75) is 70.6 Å². The smallest absolute Gasteiger partial charge is 0.223 e. The van der Waals surface area contributed by atoms with Gasteiger partial charge in [0, 0.05) is 37.6 Å². The fourth-order valence-corrected chi connectivity index (χ4v) is 3.50. The first-order chi connectivity index (χ1) is 10.5. The third-order valence-corrected chi connectivity index (χ3v) is 4.88. The van der Waals surface area contributed by atoms with Gasteiger partial charge in [-0.3, -0.25) is 4.79 Å². The van der Waals surface area contributed by atoms with Crippen LogP contribution in [0.1, 0.15) is 52.4 Å². The van der Waals surface area contributed by atoms with Gasteiger partial charge in [-0.1, -0.05) is 6.42 Å². The molecule has 5 heteroatoms. The van der Waals surface area contributed by atoms with E-state index in [2.05, 4.69) is 24.1 Å². The summed E-state index contributed by atoms with van der Waals surface area (Å²) in [5.41, 5.74) is 5.98. The highest BCUT2D eigenvalue weighted by Crippen LogP contribution is 2.23. The van der Waals surface area contributed by atoms with Gasteiger partial charge in [-0.15, -0.1) is 0 Å². The molecule has 0 bridgehead atoms. The molecule has 2 aliphatic rings. The number of carbonyl (C=O) groups excluding carboxylic acids is 1. The lowest BCUT2D eigenvalue weighted by Crippen LogP contribution is -2.48. The minimum Gasteiger partial charge on any atom is -0.377 e. The number of nitrogens with zero attached hydrogens (tertiary/aromatic N) is 1. The van der Waals surface area contributed by atoms with Gasteiger partial charge in [0.15, 0.2) is 0 Å². The molecule has 5 nitrogen and oxygen atoms in total. The molecule has 0 spiro atoms. The summed E-state index contributed by atoms with van der Waals surface area (Å²) < 4.78 is 5.60. The zero-order chi connectivity index (χ0) is 15.9. The molecule has 1 aliphatic carbocycles. The van der Waals surface area contributed by atoms with Crippen molar-refractivity contribution in [2.75, 3.05) is 26.2 Å². The van der Waals surface area contributed by atoms with Crippen molar-refractivity contribution >= 4 is 5.91 Å². The lowest BCUT2D eigenvalue weighted by Gasteiger charge is -2.34. The van der Waals surface area contributed by atoms with Gasteiger partial charge in [0.25, 0.3) is 0 Å². The Balaban J connectivity index is 1.63. The largest absolute Gasteiger partial charge is 0.377 e. The van der Waals surface area contributed by atoms with Crippen molar-refractivity contribution in [3.05, 3.63) is 0 Å². The molecule has 2 atom stereocenters. The van der Waals surface area contributed by atoms with Gasteiger partial charge < -0.3 is 20.7 Å². The first-order valence-corrected chi connectivity index (χ1v) is 8.94. The van der Waals surface area contributed by atoms with Crippen molar-refractivity contribution in [1.82, 2.24) is 10.2 Å². The van der Waals surface area contributed by atoms with Crippen molar-refractivity contribution < 1.29 is 9.53 Å². The van der Waals surface area contributed by atoms with Crippen LogP contribution in [0.5, 0.6) is 0 Å². The molecular weight excluding hydrogens is 278 g/mol. The number of hydrogen-bond acceptors (Lipinski definition) is 4. The van der Waals surface area contributed by atoms with E-state index in [1.807, 2.05) is 0 Å². The van der Waals surface area contributed by atoms with E-state index in [-0.39, 0.29) is 17.9 Å². The molecule has 1 aliphatic heterocycles. The van der Waals surface area contributed by atoms with Gasteiger partial charge >= 0.3 is 0 Å². The van der Waals surface area contributed by atoms with E-state index in [0.717, 1.165) is 64.8 Å². The number of nitrogens with one attached hydrogen (secondary N) is 1. The van der Waals surface area contributed by atoms with E-state index in [4.69, 9.17) is 10.5 Å². The quantitative estimate of drug-likeness (QED) is 0.780. The van der Waals surface area contributed by atoms with E-state index in [1.165, 1.54) is 0 Å². The summed E-state index contributed by atoms with van der Waals surface area (Å²) in [4.78, 5) is 14.8. The molecule has 2 rings (SSSR count). The maximum atomic E-state index is 12.3. The standard InChI is InChI=1S/C17H33N3O2/c1-13(2)22-11-10-20-8-6-16(7-9-20)19-17(21)14-4-3-5-15(18)12-14/h13-16H,3-12,18H2,1-2H3,(H,19,21). The van der Waals surface area contributed by atoms with E-state index in [0.29, 0.717) is 12.1 Å². The van der Waals surface area contributed by atoms with Crippen molar-refractivity contribution in [2.24, 2.45) is 11.7 Å². The van der Waals surface area contributed by atoms with Gasteiger partial charge in [-0.25, -0.2) is 0 Å². The first kappa shape index (κ1) is 17.7. The summed E-state index contributed by atoms with van der Waals surface area (Å²) >= 11 is 0. The molecule has 1 saturated carbocycles. The number of amides is 1. The first-order valence-electron chi connectivity index (χ1n) is 8.94. The average Bonchev–Trinajstić information content (AvgIpc) is 2.48. The molecule has 0 aromatic rings. The zero-order valence-corrected chi connectivity index (χ0v) is 14.2. The van der Waals surface area contributed by atoms with Crippen LogP contribution in [0.3, 0.4) is 0 Å². The molecule has 1 amide bonds. The van der Waals surface area contributed by atoms with Gasteiger partial charge in [-0.2, -0.15) is 0 Å². The molecular formula is C17H33N3O2. The molecule has 2 unspecified atom stereocenters. The van der Waals surface area contributed by atoms with E-state index in [9.17, 15) is 4.79 Å². The summed E-state index contributed by atoms with van der Waals surface area (Å²) in [6.45, 7) is 8.04. The highest BCUT2D eigenvalue weighted by molar-refractivity contribution is 5.79. The fraction of sp³-hybridized carbons (Fsp3) is 0.941. The topological polar surface area (TPSA) is 67.6 Å². The minimum atomic E-state index is 0.140. The van der Waals surface area contributed by atoms with Gasteiger partial charge in [0.1, 0.15) is 0 Å². The summed E-state index contributed by atoms with van der Waals surface area (Å²) in [6, 6.07) is 0.556. The highest BCUT2D eigenvalue weighted by atomic mass is 16.5. The minimum absolute atomic E-state index is 0.140. The SMILES string of the molecule is CC(C)OCCN1CCC(NC(=O)C2CCCC(N)C2)CC1. The Bertz CT molecular complexity index is 341. The molecule has 128 valence electrons. The van der Waals surface area contributed by atoms with Crippen LogP contribution in [0.4, 0.5) is 0 Å². The Morgan fingerprint density at radius 1 is 1.27 bits per heavy atom. The predicted molar refractivity (Wildman–Crippen MR) is 88.6 cm³/mol. The number of nitrogens with two attached hydrogens (primary N) is 1. The van der Waals surface area contributed by atoms with E-state index >= 15 is 0 Å². The van der Waals surface area contributed by atoms with Gasteiger partial charge in [-0.05, 0) is 46.0 Å². The van der Waals surface area contributed by atoms with E-state index in [1.54, 1.807) is 0 Å². The molecule has 1 saturated heterocycles. The highest BCUT2D eigenvalue weighted by Gasteiger charge is 2.28. The van der Waals surface area contributed by atoms with Crippen molar-refractivity contribution in [3.8, 4) is 0 Å². The maximum Gasteiger partial charge on any atom is 0.223 e.